The SMILES string of the molecule is CCCCCCC(=O)CCCCCNC(=O)OC(C)(C)C. The molecule has 0 unspecified atom stereocenters. The summed E-state index contributed by atoms with van der Waals surface area (Å²) in [6, 6.07) is 0. The summed E-state index contributed by atoms with van der Waals surface area (Å²) >= 11 is 0. The number of Topliss-reactive ketones (excluding diaryl/α,β-unsaturated/α-hetero) is 1. The van der Waals surface area contributed by atoms with Gasteiger partial charge in [0, 0.05) is 19.4 Å². The van der Waals surface area contributed by atoms with Gasteiger partial charge in [-0.25, -0.2) is 4.79 Å². The Kier molecular flexibility index (Phi) is 11.0. The first-order valence-electron chi connectivity index (χ1n) is 8.33. The molecular formula is C17H33NO3. The van der Waals surface area contributed by atoms with E-state index in [4.69, 9.17) is 4.74 Å². The van der Waals surface area contributed by atoms with Gasteiger partial charge < -0.3 is 10.1 Å². The van der Waals surface area contributed by atoms with E-state index in [2.05, 4.69) is 12.2 Å². The minimum absolute atomic E-state index is 0.366. The minimum Gasteiger partial charge on any atom is -0.444 e. The van der Waals surface area contributed by atoms with E-state index < -0.39 is 5.60 Å². The Balaban J connectivity index is 3.39. The monoisotopic (exact) mass is 299 g/mol. The fraction of sp³-hybridized carbons (Fsp3) is 0.882. The Morgan fingerprint density at radius 2 is 1.48 bits per heavy atom. The first kappa shape index (κ1) is 19.9. The second-order valence-electron chi connectivity index (χ2n) is 6.59. The molecule has 0 heterocycles. The number of hydrogen-bond acceptors (Lipinski definition) is 3. The van der Waals surface area contributed by atoms with Crippen molar-refractivity contribution in [1.29, 1.82) is 0 Å². The maximum absolute atomic E-state index is 11.6. The summed E-state index contributed by atoms with van der Waals surface area (Å²) < 4.78 is 5.14. The third-order valence-corrected chi connectivity index (χ3v) is 3.11. The number of amides is 1. The molecule has 0 saturated carbocycles. The number of unbranched alkanes of at least 4 members (excludes halogenated alkanes) is 5. The molecule has 4 nitrogen and oxygen atoms in total. The van der Waals surface area contributed by atoms with E-state index in [1.54, 1.807) is 0 Å². The number of rotatable bonds is 11. The van der Waals surface area contributed by atoms with Crippen LogP contribution in [0, 0.1) is 0 Å². The van der Waals surface area contributed by atoms with Gasteiger partial charge in [0.1, 0.15) is 11.4 Å². The number of hydrogen-bond donors (Lipinski definition) is 1. The highest BCUT2D eigenvalue weighted by Gasteiger charge is 2.15. The van der Waals surface area contributed by atoms with E-state index in [1.165, 1.54) is 19.3 Å². The van der Waals surface area contributed by atoms with E-state index in [0.717, 1.165) is 32.1 Å². The Hall–Kier alpha value is -1.06. The summed E-state index contributed by atoms with van der Waals surface area (Å²) in [7, 11) is 0. The van der Waals surface area contributed by atoms with Crippen molar-refractivity contribution in [1.82, 2.24) is 5.32 Å². The number of ether oxygens (including phenoxy) is 1. The topological polar surface area (TPSA) is 55.4 Å². The van der Waals surface area contributed by atoms with Crippen LogP contribution < -0.4 is 5.32 Å². The van der Waals surface area contributed by atoms with Crippen molar-refractivity contribution >= 4 is 11.9 Å². The predicted molar refractivity (Wildman–Crippen MR) is 86.5 cm³/mol. The number of carbonyl (C=O) groups is 2. The fourth-order valence-corrected chi connectivity index (χ4v) is 2.00. The number of nitrogens with one attached hydrogen (secondary N) is 1. The normalized spacial score (nSPS) is 11.2. The second kappa shape index (κ2) is 11.6. The first-order valence-corrected chi connectivity index (χ1v) is 8.33. The Bertz CT molecular complexity index is 295. The van der Waals surface area contributed by atoms with E-state index in [9.17, 15) is 9.59 Å². The molecule has 0 aliphatic rings. The Morgan fingerprint density at radius 1 is 0.905 bits per heavy atom. The third kappa shape index (κ3) is 15.2. The van der Waals surface area contributed by atoms with Crippen LogP contribution in [0.25, 0.3) is 0 Å². The molecule has 1 amide bonds. The van der Waals surface area contributed by atoms with Crippen LogP contribution in [0.1, 0.15) is 85.5 Å². The molecule has 0 saturated heterocycles. The summed E-state index contributed by atoms with van der Waals surface area (Å²) in [6.45, 7) is 8.32. The van der Waals surface area contributed by atoms with Gasteiger partial charge in [0.05, 0.1) is 0 Å². The second-order valence-corrected chi connectivity index (χ2v) is 6.59. The predicted octanol–water partition coefficient (Wildman–Crippen LogP) is 4.61. The summed E-state index contributed by atoms with van der Waals surface area (Å²) in [4.78, 5) is 23.0. The van der Waals surface area contributed by atoms with Gasteiger partial charge in [-0.05, 0) is 40.0 Å². The van der Waals surface area contributed by atoms with Crippen LogP contribution >= 0.6 is 0 Å². The zero-order valence-electron chi connectivity index (χ0n) is 14.3. The third-order valence-electron chi connectivity index (χ3n) is 3.11. The van der Waals surface area contributed by atoms with E-state index >= 15 is 0 Å². The highest BCUT2D eigenvalue weighted by molar-refractivity contribution is 5.78. The molecule has 124 valence electrons. The zero-order chi connectivity index (χ0) is 16.1. The molecule has 0 aromatic rings. The van der Waals surface area contributed by atoms with Crippen LogP contribution in [0.4, 0.5) is 4.79 Å². The summed E-state index contributed by atoms with van der Waals surface area (Å²) in [6.07, 6.45) is 8.46. The van der Waals surface area contributed by atoms with Gasteiger partial charge in [-0.2, -0.15) is 0 Å². The molecule has 0 spiro atoms. The van der Waals surface area contributed by atoms with Gasteiger partial charge in [-0.3, -0.25) is 4.79 Å². The summed E-state index contributed by atoms with van der Waals surface area (Å²) in [5, 5.41) is 2.73. The number of carbonyl (C=O) groups excluding carboxylic acids is 2. The molecule has 0 aromatic carbocycles. The summed E-state index contributed by atoms with van der Waals surface area (Å²) in [5.74, 6) is 0.381. The lowest BCUT2D eigenvalue weighted by Crippen LogP contribution is -2.32. The lowest BCUT2D eigenvalue weighted by Gasteiger charge is -2.19. The Morgan fingerprint density at radius 3 is 2.00 bits per heavy atom. The molecular weight excluding hydrogens is 266 g/mol. The average molecular weight is 299 g/mol. The highest BCUT2D eigenvalue weighted by atomic mass is 16.6. The molecule has 0 aliphatic heterocycles. The minimum atomic E-state index is -0.450. The smallest absolute Gasteiger partial charge is 0.407 e. The maximum Gasteiger partial charge on any atom is 0.407 e. The van der Waals surface area contributed by atoms with Crippen molar-refractivity contribution in [2.24, 2.45) is 0 Å². The maximum atomic E-state index is 11.6. The molecule has 0 atom stereocenters. The lowest BCUT2D eigenvalue weighted by molar-refractivity contribution is -0.119. The van der Waals surface area contributed by atoms with E-state index in [-0.39, 0.29) is 6.09 Å². The fourth-order valence-electron chi connectivity index (χ4n) is 2.00. The quantitative estimate of drug-likeness (QED) is 0.567. The van der Waals surface area contributed by atoms with Crippen molar-refractivity contribution in [3.05, 3.63) is 0 Å². The first-order chi connectivity index (χ1) is 9.85. The van der Waals surface area contributed by atoms with Gasteiger partial charge in [-0.15, -0.1) is 0 Å². The molecule has 0 aliphatic carbocycles. The van der Waals surface area contributed by atoms with Crippen LogP contribution in [-0.4, -0.2) is 24.0 Å². The highest BCUT2D eigenvalue weighted by Crippen LogP contribution is 2.08. The molecule has 0 radical (unpaired) electrons. The van der Waals surface area contributed by atoms with Crippen LogP contribution in [0.2, 0.25) is 0 Å². The lowest BCUT2D eigenvalue weighted by atomic mass is 10.1. The van der Waals surface area contributed by atoms with Crippen molar-refractivity contribution in [3.63, 3.8) is 0 Å². The number of alkyl carbamates (subject to hydrolysis) is 1. The Labute approximate surface area is 130 Å². The van der Waals surface area contributed by atoms with Crippen LogP contribution in [0.5, 0.6) is 0 Å². The average Bonchev–Trinajstić information content (AvgIpc) is 2.36. The van der Waals surface area contributed by atoms with Crippen molar-refractivity contribution < 1.29 is 14.3 Å². The van der Waals surface area contributed by atoms with Gasteiger partial charge in [0.25, 0.3) is 0 Å². The molecule has 21 heavy (non-hydrogen) atoms. The van der Waals surface area contributed by atoms with Gasteiger partial charge >= 0.3 is 6.09 Å². The standard InChI is InChI=1S/C17H33NO3/c1-5-6-7-9-12-15(19)13-10-8-11-14-18-16(20)21-17(2,3)4/h5-14H2,1-4H3,(H,18,20). The largest absolute Gasteiger partial charge is 0.444 e. The van der Waals surface area contributed by atoms with E-state index in [0.29, 0.717) is 18.7 Å². The van der Waals surface area contributed by atoms with Gasteiger partial charge in [0.15, 0.2) is 0 Å². The van der Waals surface area contributed by atoms with E-state index in [1.807, 2.05) is 20.8 Å². The molecule has 0 bridgehead atoms. The van der Waals surface area contributed by atoms with Crippen LogP contribution in [0.15, 0.2) is 0 Å². The van der Waals surface area contributed by atoms with Crippen molar-refractivity contribution in [2.45, 2.75) is 91.1 Å². The van der Waals surface area contributed by atoms with Crippen molar-refractivity contribution in [2.75, 3.05) is 6.54 Å². The van der Waals surface area contributed by atoms with Gasteiger partial charge in [-0.1, -0.05) is 32.6 Å². The molecule has 0 fully saturated rings. The van der Waals surface area contributed by atoms with Crippen molar-refractivity contribution in [3.8, 4) is 0 Å². The van der Waals surface area contributed by atoms with Crippen LogP contribution in [-0.2, 0) is 9.53 Å². The molecule has 4 heteroatoms. The zero-order valence-corrected chi connectivity index (χ0v) is 14.3. The molecule has 0 aromatic heterocycles. The molecule has 0 rings (SSSR count). The number of ketones is 1. The molecule has 1 N–H and O–H groups in total. The van der Waals surface area contributed by atoms with Gasteiger partial charge in [0.2, 0.25) is 0 Å². The summed E-state index contributed by atoms with van der Waals surface area (Å²) in [5.41, 5.74) is -0.450. The van der Waals surface area contributed by atoms with Crippen LogP contribution in [0.3, 0.4) is 0 Å².